The molecule has 0 radical (unpaired) electrons. The van der Waals surface area contributed by atoms with Crippen LogP contribution < -0.4 is 15.4 Å². The lowest BCUT2D eigenvalue weighted by atomic mass is 9.91. The first kappa shape index (κ1) is 22.8. The summed E-state index contributed by atoms with van der Waals surface area (Å²) in [5, 5.41) is 8.21. The minimum Gasteiger partial charge on any atom is -0.492 e. The van der Waals surface area contributed by atoms with Gasteiger partial charge in [0.15, 0.2) is 0 Å². The highest BCUT2D eigenvalue weighted by molar-refractivity contribution is 6.31. The molecule has 0 bridgehead atoms. The molecule has 1 aromatic heterocycles. The summed E-state index contributed by atoms with van der Waals surface area (Å²) in [6.45, 7) is 1.10. The first-order valence-electron chi connectivity index (χ1n) is 10.7. The summed E-state index contributed by atoms with van der Waals surface area (Å²) in [6, 6.07) is 13.9. The van der Waals surface area contributed by atoms with Crippen LogP contribution in [0.3, 0.4) is 0 Å². The van der Waals surface area contributed by atoms with E-state index in [0.29, 0.717) is 35.7 Å². The highest BCUT2D eigenvalue weighted by Gasteiger charge is 2.23. The molecule has 0 saturated heterocycles. The van der Waals surface area contributed by atoms with Crippen molar-refractivity contribution >= 4 is 40.0 Å². The fourth-order valence-electron chi connectivity index (χ4n) is 3.92. The molecule has 32 heavy (non-hydrogen) atoms. The summed E-state index contributed by atoms with van der Waals surface area (Å²) in [5.74, 6) is -0.173. The van der Waals surface area contributed by atoms with Gasteiger partial charge in [0, 0.05) is 35.1 Å². The molecule has 0 unspecified atom stereocenters. The van der Waals surface area contributed by atoms with Gasteiger partial charge in [0.05, 0.1) is 10.5 Å². The van der Waals surface area contributed by atoms with E-state index in [-0.39, 0.29) is 17.0 Å². The van der Waals surface area contributed by atoms with Crippen molar-refractivity contribution in [3.8, 4) is 5.75 Å². The number of hydrogen-bond donors (Lipinski definition) is 2. The Bertz CT molecular complexity index is 1100. The van der Waals surface area contributed by atoms with Crippen LogP contribution in [0.25, 0.3) is 10.9 Å². The molecule has 1 fully saturated rings. The molecule has 1 amide bonds. The highest BCUT2D eigenvalue weighted by Crippen LogP contribution is 2.22. The number of ether oxygens (including phenoxy) is 1. The standard InChI is InChI=1S/C24H24Cl2FN3O2/c25-16-2-10-22-15(13-16)1-9-23(30-22)24(31)29-18-5-3-17(4-6-18)28-11-12-32-19-7-8-20(26)21(27)14-19/h1-2,7-10,13-14,17-18,28H,3-6,11-12H2,(H,29,31)/t17-,18+. The molecule has 5 nitrogen and oxygen atoms in total. The fraction of sp³-hybridized carbons (Fsp3) is 0.333. The van der Waals surface area contributed by atoms with Crippen molar-refractivity contribution in [1.29, 1.82) is 0 Å². The van der Waals surface area contributed by atoms with E-state index in [1.807, 2.05) is 18.2 Å². The minimum absolute atomic E-state index is 0.0839. The largest absolute Gasteiger partial charge is 0.492 e. The van der Waals surface area contributed by atoms with Gasteiger partial charge in [0.2, 0.25) is 0 Å². The number of aromatic nitrogens is 1. The molecule has 1 heterocycles. The normalized spacial score (nSPS) is 18.5. The molecule has 1 aliphatic rings. The molecule has 0 atom stereocenters. The van der Waals surface area contributed by atoms with E-state index in [2.05, 4.69) is 15.6 Å². The van der Waals surface area contributed by atoms with E-state index in [1.165, 1.54) is 12.1 Å². The maximum atomic E-state index is 13.4. The van der Waals surface area contributed by atoms with Gasteiger partial charge in [-0.1, -0.05) is 29.3 Å². The molecule has 3 aromatic rings. The Hall–Kier alpha value is -2.41. The maximum absolute atomic E-state index is 13.4. The van der Waals surface area contributed by atoms with Crippen molar-refractivity contribution in [3.63, 3.8) is 0 Å². The summed E-state index contributed by atoms with van der Waals surface area (Å²) in [4.78, 5) is 17.1. The monoisotopic (exact) mass is 475 g/mol. The third-order valence-electron chi connectivity index (χ3n) is 5.64. The average Bonchev–Trinajstić information content (AvgIpc) is 2.79. The van der Waals surface area contributed by atoms with Gasteiger partial charge in [0.25, 0.3) is 5.91 Å². The van der Waals surface area contributed by atoms with E-state index in [9.17, 15) is 9.18 Å². The van der Waals surface area contributed by atoms with E-state index in [0.717, 1.165) is 36.6 Å². The molecule has 168 valence electrons. The lowest BCUT2D eigenvalue weighted by Gasteiger charge is -2.29. The van der Waals surface area contributed by atoms with Gasteiger partial charge in [-0.25, -0.2) is 9.37 Å². The Morgan fingerprint density at radius 2 is 1.81 bits per heavy atom. The second-order valence-electron chi connectivity index (χ2n) is 7.93. The quantitative estimate of drug-likeness (QED) is 0.449. The second-order valence-corrected chi connectivity index (χ2v) is 8.78. The van der Waals surface area contributed by atoms with E-state index in [1.54, 1.807) is 18.2 Å². The Morgan fingerprint density at radius 1 is 1.03 bits per heavy atom. The number of carbonyl (C=O) groups is 1. The molecular formula is C24H24Cl2FN3O2. The zero-order valence-electron chi connectivity index (χ0n) is 17.4. The predicted molar refractivity (Wildman–Crippen MR) is 125 cm³/mol. The second kappa shape index (κ2) is 10.5. The highest BCUT2D eigenvalue weighted by atomic mass is 35.5. The van der Waals surface area contributed by atoms with E-state index >= 15 is 0 Å². The first-order chi connectivity index (χ1) is 15.5. The van der Waals surface area contributed by atoms with Crippen LogP contribution in [0, 0.1) is 5.82 Å². The molecular weight excluding hydrogens is 452 g/mol. The van der Waals surface area contributed by atoms with Crippen molar-refractivity contribution < 1.29 is 13.9 Å². The molecule has 2 N–H and O–H groups in total. The molecule has 1 saturated carbocycles. The fourth-order valence-corrected chi connectivity index (χ4v) is 4.22. The maximum Gasteiger partial charge on any atom is 0.270 e. The lowest BCUT2D eigenvalue weighted by Crippen LogP contribution is -2.43. The van der Waals surface area contributed by atoms with Crippen LogP contribution in [0.5, 0.6) is 5.75 Å². The minimum atomic E-state index is -0.485. The number of rotatable bonds is 7. The SMILES string of the molecule is O=C(N[C@H]1CC[C@@H](NCCOc2ccc(Cl)c(F)c2)CC1)c1ccc2cc(Cl)ccc2n1. The molecule has 1 aliphatic carbocycles. The smallest absolute Gasteiger partial charge is 0.270 e. The van der Waals surface area contributed by atoms with Crippen molar-refractivity contribution in [1.82, 2.24) is 15.6 Å². The number of nitrogens with zero attached hydrogens (tertiary/aromatic N) is 1. The van der Waals surface area contributed by atoms with Crippen LogP contribution in [-0.2, 0) is 0 Å². The van der Waals surface area contributed by atoms with Crippen LogP contribution >= 0.6 is 23.2 Å². The molecule has 0 spiro atoms. The third-order valence-corrected chi connectivity index (χ3v) is 6.18. The van der Waals surface area contributed by atoms with Crippen molar-refractivity contribution in [2.45, 2.75) is 37.8 Å². The number of amides is 1. The first-order valence-corrected chi connectivity index (χ1v) is 11.4. The van der Waals surface area contributed by atoms with Gasteiger partial charge in [-0.05, 0) is 62.1 Å². The van der Waals surface area contributed by atoms with Gasteiger partial charge in [-0.15, -0.1) is 0 Å². The Labute approximate surface area is 196 Å². The van der Waals surface area contributed by atoms with Gasteiger partial charge >= 0.3 is 0 Å². The topological polar surface area (TPSA) is 63.2 Å². The van der Waals surface area contributed by atoms with Crippen LogP contribution in [0.1, 0.15) is 36.2 Å². The third kappa shape index (κ3) is 5.88. The number of pyridine rings is 1. The number of nitrogens with one attached hydrogen (secondary N) is 2. The van der Waals surface area contributed by atoms with Gasteiger partial charge in [-0.3, -0.25) is 4.79 Å². The molecule has 0 aliphatic heterocycles. The lowest BCUT2D eigenvalue weighted by molar-refractivity contribution is 0.0919. The molecule has 8 heteroatoms. The zero-order valence-corrected chi connectivity index (χ0v) is 18.9. The zero-order chi connectivity index (χ0) is 22.5. The van der Waals surface area contributed by atoms with Crippen molar-refractivity contribution in [3.05, 3.63) is 70.1 Å². The Balaban J connectivity index is 1.19. The van der Waals surface area contributed by atoms with Gasteiger partial charge < -0.3 is 15.4 Å². The summed E-state index contributed by atoms with van der Waals surface area (Å²) < 4.78 is 19.0. The number of fused-ring (bicyclic) bond motifs is 1. The Morgan fingerprint density at radius 3 is 2.59 bits per heavy atom. The predicted octanol–water partition coefficient (Wildman–Crippen LogP) is 5.39. The van der Waals surface area contributed by atoms with Crippen LogP contribution in [0.4, 0.5) is 4.39 Å². The van der Waals surface area contributed by atoms with Crippen LogP contribution in [0.2, 0.25) is 10.0 Å². The van der Waals surface area contributed by atoms with Gasteiger partial charge in [-0.2, -0.15) is 0 Å². The summed E-state index contributed by atoms with van der Waals surface area (Å²) in [5.41, 5.74) is 1.16. The van der Waals surface area contributed by atoms with E-state index in [4.69, 9.17) is 27.9 Å². The summed E-state index contributed by atoms with van der Waals surface area (Å²) >= 11 is 11.7. The molecule has 4 rings (SSSR count). The number of benzene rings is 2. The van der Waals surface area contributed by atoms with Crippen molar-refractivity contribution in [2.24, 2.45) is 0 Å². The van der Waals surface area contributed by atoms with Crippen LogP contribution in [0.15, 0.2) is 48.5 Å². The van der Waals surface area contributed by atoms with Crippen LogP contribution in [-0.4, -0.2) is 36.1 Å². The van der Waals surface area contributed by atoms with Crippen molar-refractivity contribution in [2.75, 3.05) is 13.2 Å². The molecule has 2 aromatic carbocycles. The van der Waals surface area contributed by atoms with Gasteiger partial charge in [0.1, 0.15) is 23.9 Å². The summed E-state index contributed by atoms with van der Waals surface area (Å²) in [7, 11) is 0. The number of carbonyl (C=O) groups excluding carboxylic acids is 1. The number of halogens is 3. The van der Waals surface area contributed by atoms with E-state index < -0.39 is 5.82 Å². The Kier molecular flexibility index (Phi) is 7.45. The summed E-state index contributed by atoms with van der Waals surface area (Å²) in [6.07, 6.45) is 3.72. The average molecular weight is 476 g/mol. The number of hydrogen-bond acceptors (Lipinski definition) is 4.